The Morgan fingerprint density at radius 1 is 1.44 bits per heavy atom. The van der Waals surface area contributed by atoms with Gasteiger partial charge in [0.15, 0.2) is 5.56 Å². The molecule has 1 heterocycles. The van der Waals surface area contributed by atoms with Crippen LogP contribution in [0.1, 0.15) is 19.3 Å². The van der Waals surface area contributed by atoms with Gasteiger partial charge in [0.2, 0.25) is 11.8 Å². The molecule has 3 N–H and O–H groups in total. The Balaban J connectivity index is 2.13. The molecule has 7 nitrogen and oxygen atoms in total. The van der Waals surface area contributed by atoms with Crippen LogP contribution in [-0.4, -0.2) is 57.3 Å². The number of thioether (sulfide) groups is 1. The summed E-state index contributed by atoms with van der Waals surface area (Å²) in [6, 6.07) is 0. The van der Waals surface area contributed by atoms with Crippen LogP contribution in [0.2, 0.25) is 0 Å². The van der Waals surface area contributed by atoms with Gasteiger partial charge in [0.1, 0.15) is 0 Å². The monoisotopic (exact) mass is 276 g/mol. The average Bonchev–Trinajstić information content (AvgIpc) is 2.62. The van der Waals surface area contributed by atoms with E-state index in [0.29, 0.717) is 13.0 Å². The number of rotatable bonds is 7. The maximum Gasteiger partial charge on any atom is 0.303 e. The number of aliphatic hydroxyl groups excluding tert-OH is 1. The molecule has 0 aromatic carbocycles. The second-order valence-electron chi connectivity index (χ2n) is 3.82. The van der Waals surface area contributed by atoms with E-state index in [4.69, 9.17) is 5.11 Å². The zero-order valence-electron chi connectivity index (χ0n) is 9.79. The summed E-state index contributed by atoms with van der Waals surface area (Å²) in [5.74, 6) is -1.09. The Labute approximate surface area is 109 Å². The van der Waals surface area contributed by atoms with E-state index in [1.165, 1.54) is 4.90 Å². The molecule has 0 aromatic heterocycles. The fourth-order valence-electron chi connectivity index (χ4n) is 1.45. The molecule has 0 aliphatic carbocycles. The Hall–Kier alpha value is -1.28. The van der Waals surface area contributed by atoms with Gasteiger partial charge in [-0.25, -0.2) is 0 Å². The highest BCUT2D eigenvalue weighted by molar-refractivity contribution is 8.00. The summed E-state index contributed by atoms with van der Waals surface area (Å²) < 4.78 is 0. The minimum atomic E-state index is -0.896. The first-order chi connectivity index (χ1) is 8.50. The molecule has 0 aromatic rings. The smallest absolute Gasteiger partial charge is 0.303 e. The molecule has 1 atom stereocenters. The van der Waals surface area contributed by atoms with Crippen molar-refractivity contribution in [2.45, 2.75) is 24.8 Å². The zero-order valence-corrected chi connectivity index (χ0v) is 10.6. The second-order valence-corrected chi connectivity index (χ2v) is 4.87. The Bertz CT molecular complexity index is 336. The molecule has 0 bridgehead atoms. The summed E-state index contributed by atoms with van der Waals surface area (Å²) in [6.07, 6.45) is 0.499. The Morgan fingerprint density at radius 2 is 2.17 bits per heavy atom. The van der Waals surface area contributed by atoms with Gasteiger partial charge >= 0.3 is 5.97 Å². The van der Waals surface area contributed by atoms with Gasteiger partial charge in [-0.1, -0.05) is 11.8 Å². The van der Waals surface area contributed by atoms with Crippen LogP contribution in [0.25, 0.3) is 0 Å². The standard InChI is InChI=1S/C10H16N2O5S/c13-7(11-4-1-2-9(15)16)3-5-12-8(14)6-18-10(12)17/h10,17H,1-6H2,(H,11,13)(H,15,16). The van der Waals surface area contributed by atoms with Crippen molar-refractivity contribution in [3.05, 3.63) is 0 Å². The predicted molar refractivity (Wildman–Crippen MR) is 64.7 cm³/mol. The van der Waals surface area contributed by atoms with E-state index in [0.717, 1.165) is 11.8 Å². The summed E-state index contributed by atoms with van der Waals surface area (Å²) in [7, 11) is 0. The lowest BCUT2D eigenvalue weighted by Crippen LogP contribution is -2.36. The topological polar surface area (TPSA) is 107 Å². The van der Waals surface area contributed by atoms with Crippen LogP contribution < -0.4 is 5.32 Å². The van der Waals surface area contributed by atoms with Crippen molar-refractivity contribution in [3.63, 3.8) is 0 Å². The first-order valence-corrected chi connectivity index (χ1v) is 6.63. The minimum Gasteiger partial charge on any atom is -0.481 e. The molecule has 18 heavy (non-hydrogen) atoms. The van der Waals surface area contributed by atoms with Gasteiger partial charge in [0.05, 0.1) is 5.75 Å². The molecular formula is C10H16N2O5S. The number of amides is 2. The van der Waals surface area contributed by atoms with Crippen LogP contribution in [0.4, 0.5) is 0 Å². The van der Waals surface area contributed by atoms with Crippen LogP contribution in [-0.2, 0) is 14.4 Å². The van der Waals surface area contributed by atoms with E-state index in [1.54, 1.807) is 0 Å². The van der Waals surface area contributed by atoms with E-state index in [-0.39, 0.29) is 37.0 Å². The molecule has 1 saturated heterocycles. The number of carbonyl (C=O) groups excluding carboxylic acids is 2. The lowest BCUT2D eigenvalue weighted by molar-refractivity contribution is -0.137. The van der Waals surface area contributed by atoms with Crippen LogP contribution in [0.5, 0.6) is 0 Å². The first-order valence-electron chi connectivity index (χ1n) is 5.58. The molecule has 1 fully saturated rings. The summed E-state index contributed by atoms with van der Waals surface area (Å²) >= 11 is 1.12. The number of carbonyl (C=O) groups is 3. The molecule has 1 unspecified atom stereocenters. The third-order valence-corrected chi connectivity index (χ3v) is 3.38. The third kappa shape index (κ3) is 4.92. The molecule has 1 aliphatic heterocycles. The van der Waals surface area contributed by atoms with Crippen LogP contribution >= 0.6 is 11.8 Å². The van der Waals surface area contributed by atoms with Crippen LogP contribution in [0.3, 0.4) is 0 Å². The van der Waals surface area contributed by atoms with Crippen molar-refractivity contribution < 1.29 is 24.6 Å². The van der Waals surface area contributed by atoms with Crippen molar-refractivity contribution in [2.75, 3.05) is 18.8 Å². The van der Waals surface area contributed by atoms with Crippen LogP contribution in [0.15, 0.2) is 0 Å². The van der Waals surface area contributed by atoms with Gasteiger partial charge < -0.3 is 20.4 Å². The van der Waals surface area contributed by atoms with Crippen molar-refractivity contribution in [1.29, 1.82) is 0 Å². The summed E-state index contributed by atoms with van der Waals surface area (Å²) in [5, 5.41) is 20.4. The quantitative estimate of drug-likeness (QED) is 0.526. The molecule has 0 spiro atoms. The highest BCUT2D eigenvalue weighted by Crippen LogP contribution is 2.22. The number of aliphatic hydroxyl groups is 1. The number of aliphatic carboxylic acids is 1. The SMILES string of the molecule is O=C(O)CCCNC(=O)CCN1C(=O)CSC1O. The first kappa shape index (κ1) is 14.8. The second kappa shape index (κ2) is 7.22. The lowest BCUT2D eigenvalue weighted by Gasteiger charge is -2.18. The van der Waals surface area contributed by atoms with E-state index in [2.05, 4.69) is 5.32 Å². The Morgan fingerprint density at radius 3 is 2.72 bits per heavy atom. The number of hydrogen-bond donors (Lipinski definition) is 3. The summed E-state index contributed by atoms with van der Waals surface area (Å²) in [5.41, 5.74) is -0.864. The van der Waals surface area contributed by atoms with E-state index >= 15 is 0 Å². The number of nitrogens with zero attached hydrogens (tertiary/aromatic N) is 1. The molecule has 102 valence electrons. The molecule has 8 heteroatoms. The number of carboxylic acid groups (broad SMARTS) is 1. The van der Waals surface area contributed by atoms with Gasteiger partial charge in [0, 0.05) is 25.9 Å². The van der Waals surface area contributed by atoms with Crippen molar-refractivity contribution in [2.24, 2.45) is 0 Å². The summed E-state index contributed by atoms with van der Waals surface area (Å²) in [4.78, 5) is 34.1. The fourth-order valence-corrected chi connectivity index (χ4v) is 2.32. The van der Waals surface area contributed by atoms with Gasteiger partial charge in [-0.2, -0.15) is 0 Å². The molecule has 0 radical (unpaired) electrons. The largest absolute Gasteiger partial charge is 0.481 e. The predicted octanol–water partition coefficient (Wildman–Crippen LogP) is -0.791. The number of nitrogens with one attached hydrogen (secondary N) is 1. The minimum absolute atomic E-state index is 0.0141. The number of hydrogen-bond acceptors (Lipinski definition) is 5. The van der Waals surface area contributed by atoms with Gasteiger partial charge in [-0.05, 0) is 6.42 Å². The highest BCUT2D eigenvalue weighted by atomic mass is 32.2. The molecule has 0 saturated carbocycles. The summed E-state index contributed by atoms with van der Waals surface area (Å²) in [6.45, 7) is 0.480. The van der Waals surface area contributed by atoms with E-state index in [9.17, 15) is 19.5 Å². The van der Waals surface area contributed by atoms with E-state index in [1.807, 2.05) is 0 Å². The van der Waals surface area contributed by atoms with Crippen LogP contribution in [0, 0.1) is 0 Å². The normalized spacial score (nSPS) is 19.1. The van der Waals surface area contributed by atoms with Gasteiger partial charge in [-0.3, -0.25) is 14.4 Å². The average molecular weight is 276 g/mol. The third-order valence-electron chi connectivity index (χ3n) is 2.41. The lowest BCUT2D eigenvalue weighted by atomic mass is 10.3. The zero-order chi connectivity index (χ0) is 13.5. The maximum absolute atomic E-state index is 11.4. The van der Waals surface area contributed by atoms with Crippen molar-refractivity contribution in [1.82, 2.24) is 10.2 Å². The number of carboxylic acids is 1. The van der Waals surface area contributed by atoms with Gasteiger partial charge in [-0.15, -0.1) is 0 Å². The fraction of sp³-hybridized carbons (Fsp3) is 0.700. The highest BCUT2D eigenvalue weighted by Gasteiger charge is 2.29. The molecule has 2 amide bonds. The van der Waals surface area contributed by atoms with Crippen molar-refractivity contribution in [3.8, 4) is 0 Å². The molecule has 1 aliphatic rings. The van der Waals surface area contributed by atoms with Crippen molar-refractivity contribution >= 4 is 29.5 Å². The van der Waals surface area contributed by atoms with Gasteiger partial charge in [0.25, 0.3) is 0 Å². The molecular weight excluding hydrogens is 260 g/mol. The Kier molecular flexibility index (Phi) is 5.93. The maximum atomic E-state index is 11.4. The van der Waals surface area contributed by atoms with E-state index < -0.39 is 11.5 Å². The molecule has 1 rings (SSSR count).